The number of rotatable bonds is 5. The number of nitrogens with zero attached hydrogens (tertiary/aromatic N) is 1. The van der Waals surface area contributed by atoms with E-state index in [-0.39, 0.29) is 23.6 Å². The first-order valence-electron chi connectivity index (χ1n) is 12.5. The van der Waals surface area contributed by atoms with Crippen molar-refractivity contribution in [2.24, 2.45) is 11.8 Å². The second kappa shape index (κ2) is 8.59. The lowest BCUT2D eigenvalue weighted by Gasteiger charge is -2.47. The van der Waals surface area contributed by atoms with Gasteiger partial charge in [0.15, 0.2) is 0 Å². The average Bonchev–Trinajstić information content (AvgIpc) is 3.36. The minimum atomic E-state index is -1.15. The van der Waals surface area contributed by atoms with Crippen LogP contribution >= 0.6 is 0 Å². The lowest BCUT2D eigenvalue weighted by Crippen LogP contribution is -2.64. The van der Waals surface area contributed by atoms with Gasteiger partial charge in [0.25, 0.3) is 0 Å². The molecule has 5 unspecified atom stereocenters. The number of aliphatic carboxylic acids is 1. The van der Waals surface area contributed by atoms with E-state index < -0.39 is 30.1 Å². The third-order valence-electron chi connectivity index (χ3n) is 8.10. The van der Waals surface area contributed by atoms with E-state index in [0.29, 0.717) is 17.7 Å². The van der Waals surface area contributed by atoms with Crippen LogP contribution < -0.4 is 4.74 Å². The Kier molecular flexibility index (Phi) is 5.45. The lowest BCUT2D eigenvalue weighted by molar-refractivity contribution is -0.163. The number of fused-ring (bicyclic) bond motifs is 6. The number of β-lactam (4-membered cyclic amide) rings is 1. The van der Waals surface area contributed by atoms with Crippen LogP contribution in [0, 0.1) is 11.8 Å². The molecule has 1 saturated carbocycles. The van der Waals surface area contributed by atoms with Crippen LogP contribution in [-0.2, 0) is 19.1 Å². The Hall–Kier alpha value is -3.91. The third kappa shape index (κ3) is 3.35. The number of ether oxygens (including phenoxy) is 2. The smallest absolute Gasteiger partial charge is 0.352 e. The van der Waals surface area contributed by atoms with Crippen molar-refractivity contribution in [3.8, 4) is 16.9 Å². The number of carbonyl (C=O) groups is 3. The molecule has 2 aromatic carbocycles. The molecule has 6 rings (SSSR count). The SMILES string of the molecule is COC(=O)C=C1c2ccccc2-c2c(OC3CCCC4C3=C(C(=O)O)N3C(=O)C(C(C)O)C43)cccc21. The van der Waals surface area contributed by atoms with Crippen molar-refractivity contribution in [2.45, 2.75) is 44.4 Å². The molecule has 190 valence electrons. The van der Waals surface area contributed by atoms with Crippen LogP contribution in [0.1, 0.15) is 37.3 Å². The third-order valence-corrected chi connectivity index (χ3v) is 8.10. The molecular formula is C29H27NO7. The molecule has 8 nitrogen and oxygen atoms in total. The largest absolute Gasteiger partial charge is 0.485 e. The van der Waals surface area contributed by atoms with Gasteiger partial charge in [-0.25, -0.2) is 9.59 Å². The van der Waals surface area contributed by atoms with Crippen molar-refractivity contribution >= 4 is 23.4 Å². The first-order chi connectivity index (χ1) is 17.8. The Labute approximate surface area is 213 Å². The average molecular weight is 502 g/mol. The summed E-state index contributed by atoms with van der Waals surface area (Å²) in [4.78, 5) is 38.7. The number of carboxylic acids is 1. The fourth-order valence-electron chi connectivity index (χ4n) is 6.66. The molecule has 37 heavy (non-hydrogen) atoms. The number of aliphatic hydroxyl groups excluding tert-OH is 1. The van der Waals surface area contributed by atoms with E-state index in [1.54, 1.807) is 6.92 Å². The summed E-state index contributed by atoms with van der Waals surface area (Å²) in [6.45, 7) is 1.58. The standard InChI is InChI=1S/C29H27NO7/c1-14(31)23-26-18-10-6-12-21(25(18)27(29(34)35)30(26)28(23)33)37-20-11-5-9-17-19(13-22(32)36-2)15-7-3-4-8-16(15)24(17)20/h3-5,7-9,11,13-14,18,21,23,26,31H,6,10,12H2,1-2H3,(H,34,35). The summed E-state index contributed by atoms with van der Waals surface area (Å²) in [6, 6.07) is 13.0. The summed E-state index contributed by atoms with van der Waals surface area (Å²) in [7, 11) is 1.34. The minimum Gasteiger partial charge on any atom is -0.485 e. The van der Waals surface area contributed by atoms with Crippen LogP contribution in [-0.4, -0.2) is 58.3 Å². The number of hydrogen-bond donors (Lipinski definition) is 2. The van der Waals surface area contributed by atoms with Gasteiger partial charge in [0.2, 0.25) is 5.91 Å². The highest BCUT2D eigenvalue weighted by Gasteiger charge is 2.62. The molecule has 0 radical (unpaired) electrons. The summed E-state index contributed by atoms with van der Waals surface area (Å²) in [5.41, 5.74) is 4.86. The Bertz CT molecular complexity index is 1400. The van der Waals surface area contributed by atoms with Crippen LogP contribution in [0.3, 0.4) is 0 Å². The molecule has 1 saturated heterocycles. The van der Waals surface area contributed by atoms with Crippen molar-refractivity contribution in [1.82, 2.24) is 4.90 Å². The maximum atomic E-state index is 12.8. The number of carbonyl (C=O) groups excluding carboxylic acids is 2. The van der Waals surface area contributed by atoms with Gasteiger partial charge in [-0.3, -0.25) is 4.79 Å². The van der Waals surface area contributed by atoms with Crippen LogP contribution in [0.4, 0.5) is 0 Å². The predicted molar refractivity (Wildman–Crippen MR) is 133 cm³/mol. The van der Waals surface area contributed by atoms with Gasteiger partial charge in [-0.1, -0.05) is 36.4 Å². The number of hydrogen-bond acceptors (Lipinski definition) is 6. The van der Waals surface area contributed by atoms with E-state index in [9.17, 15) is 24.6 Å². The first kappa shape index (κ1) is 23.5. The number of amides is 1. The van der Waals surface area contributed by atoms with E-state index in [1.165, 1.54) is 18.1 Å². The molecule has 2 aromatic rings. The molecular weight excluding hydrogens is 474 g/mol. The minimum absolute atomic E-state index is 0.000790. The van der Waals surface area contributed by atoms with Gasteiger partial charge in [0.05, 0.1) is 25.2 Å². The zero-order chi connectivity index (χ0) is 26.0. The highest BCUT2D eigenvalue weighted by molar-refractivity contribution is 6.08. The molecule has 0 bridgehead atoms. The van der Waals surface area contributed by atoms with Crippen molar-refractivity contribution in [3.63, 3.8) is 0 Å². The molecule has 2 N–H and O–H groups in total. The van der Waals surface area contributed by atoms with Crippen molar-refractivity contribution < 1.29 is 34.1 Å². The summed E-state index contributed by atoms with van der Waals surface area (Å²) in [6.07, 6.45) is 2.28. The number of carboxylic acid groups (broad SMARTS) is 1. The monoisotopic (exact) mass is 501 g/mol. The molecule has 0 aromatic heterocycles. The molecule has 2 aliphatic heterocycles. The van der Waals surface area contributed by atoms with Gasteiger partial charge in [-0.05, 0) is 54.5 Å². The van der Waals surface area contributed by atoms with Gasteiger partial charge in [-0.15, -0.1) is 0 Å². The van der Waals surface area contributed by atoms with Gasteiger partial charge < -0.3 is 24.6 Å². The molecule has 0 spiro atoms. The number of methoxy groups -OCH3 is 1. The molecule has 2 aliphatic carbocycles. The Morgan fingerprint density at radius 3 is 2.51 bits per heavy atom. The van der Waals surface area contributed by atoms with Crippen LogP contribution in [0.25, 0.3) is 16.7 Å². The quantitative estimate of drug-likeness (QED) is 0.313. The molecule has 1 amide bonds. The topological polar surface area (TPSA) is 113 Å². The van der Waals surface area contributed by atoms with Crippen LogP contribution in [0.2, 0.25) is 0 Å². The molecule has 2 heterocycles. The fourth-order valence-corrected chi connectivity index (χ4v) is 6.66. The van der Waals surface area contributed by atoms with E-state index in [2.05, 4.69) is 0 Å². The molecule has 2 fully saturated rings. The summed E-state index contributed by atoms with van der Waals surface area (Å²) >= 11 is 0. The van der Waals surface area contributed by atoms with E-state index in [1.807, 2.05) is 42.5 Å². The van der Waals surface area contributed by atoms with E-state index in [0.717, 1.165) is 40.7 Å². The van der Waals surface area contributed by atoms with E-state index >= 15 is 0 Å². The second-order valence-corrected chi connectivity index (χ2v) is 10.0. The highest BCUT2D eigenvalue weighted by atomic mass is 16.5. The summed E-state index contributed by atoms with van der Waals surface area (Å²) in [5, 5.41) is 20.3. The predicted octanol–water partition coefficient (Wildman–Crippen LogP) is 3.38. The number of aliphatic hydroxyl groups is 1. The normalized spacial score (nSPS) is 27.2. The Morgan fingerprint density at radius 2 is 1.81 bits per heavy atom. The van der Waals surface area contributed by atoms with Gasteiger partial charge in [0, 0.05) is 23.1 Å². The lowest BCUT2D eigenvalue weighted by atomic mass is 9.71. The zero-order valence-corrected chi connectivity index (χ0v) is 20.5. The van der Waals surface area contributed by atoms with Gasteiger partial charge >= 0.3 is 11.9 Å². The highest BCUT2D eigenvalue weighted by Crippen LogP contribution is 2.54. The van der Waals surface area contributed by atoms with Crippen LogP contribution in [0.15, 0.2) is 59.8 Å². The first-order valence-corrected chi connectivity index (χ1v) is 12.5. The van der Waals surface area contributed by atoms with Gasteiger partial charge in [0.1, 0.15) is 17.6 Å². The molecule has 4 aliphatic rings. The maximum Gasteiger partial charge on any atom is 0.352 e. The summed E-state index contributed by atoms with van der Waals surface area (Å²) in [5.74, 6) is -2.13. The summed E-state index contributed by atoms with van der Waals surface area (Å²) < 4.78 is 11.5. The maximum absolute atomic E-state index is 12.8. The Morgan fingerprint density at radius 1 is 1.08 bits per heavy atom. The fraction of sp³-hybridized carbons (Fsp3) is 0.345. The van der Waals surface area contributed by atoms with Crippen molar-refractivity contribution in [2.75, 3.05) is 7.11 Å². The molecule has 5 atom stereocenters. The van der Waals surface area contributed by atoms with Crippen molar-refractivity contribution in [1.29, 1.82) is 0 Å². The van der Waals surface area contributed by atoms with Crippen LogP contribution in [0.5, 0.6) is 5.75 Å². The zero-order valence-electron chi connectivity index (χ0n) is 20.5. The van der Waals surface area contributed by atoms with Gasteiger partial charge in [-0.2, -0.15) is 0 Å². The number of esters is 1. The second-order valence-electron chi connectivity index (χ2n) is 10.0. The number of benzene rings is 2. The Balaban J connectivity index is 1.43. The van der Waals surface area contributed by atoms with Crippen molar-refractivity contribution in [3.05, 3.63) is 70.9 Å². The van der Waals surface area contributed by atoms with E-state index in [4.69, 9.17) is 9.47 Å². The molecule has 8 heteroatoms.